The molecule has 6 aromatic heterocycles. The number of hydrogen-bond donors (Lipinski definition) is 0. The topological polar surface area (TPSA) is 61.9 Å². The van der Waals surface area contributed by atoms with Crippen molar-refractivity contribution >= 4 is 87.5 Å². The quantitative estimate of drug-likeness (QED) is 0.122. The van der Waals surface area contributed by atoms with Gasteiger partial charge in [-0.1, -0.05) is 285 Å². The highest BCUT2D eigenvalue weighted by Crippen LogP contribution is 2.43. The Hall–Kier alpha value is -15.0. The molecular weight excluding hydrogens is 1360 g/mol. The molecule has 0 amide bonds. The third-order valence-electron chi connectivity index (χ3n) is 22.0. The summed E-state index contributed by atoms with van der Waals surface area (Å²) in [7, 11) is 0. The van der Waals surface area contributed by atoms with Crippen LogP contribution in [-0.2, 0) is 0 Å². The Morgan fingerprint density at radius 2 is 0.429 bits per heavy atom. The molecule has 6 heterocycles. The van der Waals surface area contributed by atoms with Crippen molar-refractivity contribution in [3.63, 3.8) is 0 Å². The summed E-state index contributed by atoms with van der Waals surface area (Å²) >= 11 is 0. The number of furan rings is 2. The average molecular weight is 1430 g/mol. The summed E-state index contributed by atoms with van der Waals surface area (Å²) in [5.41, 5.74) is 32.6. The lowest BCUT2D eigenvalue weighted by molar-refractivity contribution is 0.668. The van der Waals surface area contributed by atoms with Crippen molar-refractivity contribution in [3.05, 3.63) is 413 Å². The molecule has 22 aromatic rings. The van der Waals surface area contributed by atoms with Crippen LogP contribution in [0.5, 0.6) is 0 Å². The van der Waals surface area contributed by atoms with Crippen LogP contribution in [0.25, 0.3) is 211 Å². The summed E-state index contributed by atoms with van der Waals surface area (Å²) in [5.74, 6) is 0. The number of fused-ring (bicyclic) bond motifs is 12. The molecule has 0 atom stereocenters. The number of hydrogen-bond acceptors (Lipinski definition) is 4. The normalized spacial score (nSPS) is 11.6. The second-order valence-electron chi connectivity index (χ2n) is 28.8. The first kappa shape index (κ1) is 65.3. The summed E-state index contributed by atoms with van der Waals surface area (Å²) in [6.07, 6.45) is 0. The molecule has 0 bridgehead atoms. The van der Waals surface area contributed by atoms with Crippen LogP contribution in [0.1, 0.15) is 0 Å². The fraction of sp³-hybridized carbons (Fsp3) is 0. The summed E-state index contributed by atoms with van der Waals surface area (Å²) in [6, 6.07) is 147. The molecule has 6 nitrogen and oxygen atoms in total. The molecule has 0 saturated heterocycles. The predicted molar refractivity (Wildman–Crippen MR) is 466 cm³/mol. The van der Waals surface area contributed by atoms with E-state index in [0.717, 1.165) is 145 Å². The molecule has 524 valence electrons. The van der Waals surface area contributed by atoms with Gasteiger partial charge in [-0.15, -0.1) is 0 Å². The molecule has 0 aliphatic carbocycles. The number of nitrogens with zero attached hydrogens (tertiary/aromatic N) is 4. The van der Waals surface area contributed by atoms with Crippen molar-refractivity contribution in [1.29, 1.82) is 0 Å². The molecular formula is C106H68N4O2. The monoisotopic (exact) mass is 1430 g/mol. The Labute approximate surface area is 646 Å². The fourth-order valence-corrected chi connectivity index (χ4v) is 16.5. The van der Waals surface area contributed by atoms with E-state index in [1.165, 1.54) is 65.9 Å². The molecule has 112 heavy (non-hydrogen) atoms. The maximum Gasteiger partial charge on any atom is 0.136 e. The molecule has 0 N–H and O–H groups in total. The van der Waals surface area contributed by atoms with Crippen LogP contribution in [0.3, 0.4) is 0 Å². The fourth-order valence-electron chi connectivity index (χ4n) is 16.5. The van der Waals surface area contributed by atoms with Crippen LogP contribution in [-0.4, -0.2) is 19.1 Å². The highest BCUT2D eigenvalue weighted by atomic mass is 16.3. The Kier molecular flexibility index (Phi) is 16.1. The Morgan fingerprint density at radius 3 is 0.884 bits per heavy atom. The van der Waals surface area contributed by atoms with E-state index in [2.05, 4.69) is 379 Å². The zero-order valence-electron chi connectivity index (χ0n) is 60.9. The second-order valence-corrected chi connectivity index (χ2v) is 28.8. The van der Waals surface area contributed by atoms with Gasteiger partial charge in [-0.25, -0.2) is 9.97 Å². The minimum Gasteiger partial charge on any atom is -0.456 e. The summed E-state index contributed by atoms with van der Waals surface area (Å²) in [6.45, 7) is 0. The number of pyridine rings is 2. The molecule has 0 aliphatic heterocycles. The first-order valence-electron chi connectivity index (χ1n) is 38.1. The first-order chi connectivity index (χ1) is 55.5. The van der Waals surface area contributed by atoms with Crippen molar-refractivity contribution in [2.24, 2.45) is 0 Å². The van der Waals surface area contributed by atoms with E-state index < -0.39 is 0 Å². The summed E-state index contributed by atoms with van der Waals surface area (Å²) < 4.78 is 17.3. The van der Waals surface area contributed by atoms with Crippen molar-refractivity contribution in [2.75, 3.05) is 0 Å². The molecule has 0 spiro atoms. The van der Waals surface area contributed by atoms with E-state index in [-0.39, 0.29) is 0 Å². The van der Waals surface area contributed by atoms with E-state index in [1.54, 1.807) is 0 Å². The third kappa shape index (κ3) is 12.0. The number of rotatable bonds is 12. The Bertz CT molecular complexity index is 7240. The van der Waals surface area contributed by atoms with Gasteiger partial charge in [0, 0.05) is 76.7 Å². The highest BCUT2D eigenvalue weighted by Gasteiger charge is 2.20. The van der Waals surface area contributed by atoms with Crippen molar-refractivity contribution < 1.29 is 8.83 Å². The van der Waals surface area contributed by atoms with Crippen LogP contribution >= 0.6 is 0 Å². The zero-order valence-corrected chi connectivity index (χ0v) is 60.9. The molecule has 0 fully saturated rings. The lowest BCUT2D eigenvalue weighted by atomic mass is 9.96. The minimum absolute atomic E-state index is 0.903. The second kappa shape index (κ2) is 27.7. The van der Waals surface area contributed by atoms with Gasteiger partial charge in [-0.05, 0) is 194 Å². The van der Waals surface area contributed by atoms with E-state index >= 15 is 0 Å². The lowest BCUT2D eigenvalue weighted by Crippen LogP contribution is -1.94. The minimum atomic E-state index is 0.903. The van der Waals surface area contributed by atoms with Crippen LogP contribution < -0.4 is 0 Å². The van der Waals surface area contributed by atoms with Crippen molar-refractivity contribution in [3.8, 4) is 123 Å². The molecule has 0 radical (unpaired) electrons. The zero-order chi connectivity index (χ0) is 74.0. The summed E-state index contributed by atoms with van der Waals surface area (Å²) in [5, 5.41) is 9.46. The Morgan fingerprint density at radius 1 is 0.152 bits per heavy atom. The molecule has 0 saturated carbocycles. The summed E-state index contributed by atoms with van der Waals surface area (Å²) in [4.78, 5) is 10.3. The number of aromatic nitrogens is 4. The highest BCUT2D eigenvalue weighted by molar-refractivity contribution is 6.13. The molecule has 0 aliphatic rings. The molecule has 6 heteroatoms. The predicted octanol–water partition coefficient (Wildman–Crippen LogP) is 28.8. The van der Waals surface area contributed by atoms with Gasteiger partial charge in [0.1, 0.15) is 22.3 Å². The maximum absolute atomic E-state index is 6.25. The third-order valence-corrected chi connectivity index (χ3v) is 22.0. The largest absolute Gasteiger partial charge is 0.456 e. The molecule has 0 unspecified atom stereocenters. The van der Waals surface area contributed by atoms with Crippen molar-refractivity contribution in [1.82, 2.24) is 19.1 Å². The average Bonchev–Trinajstić information content (AvgIpc) is 1.51. The van der Waals surface area contributed by atoms with E-state index in [0.29, 0.717) is 0 Å². The Balaban J connectivity index is 0.000000141. The van der Waals surface area contributed by atoms with Gasteiger partial charge in [0.25, 0.3) is 0 Å². The number of para-hydroxylation sites is 4. The first-order valence-corrected chi connectivity index (χ1v) is 38.1. The van der Waals surface area contributed by atoms with Crippen LogP contribution in [0.2, 0.25) is 0 Å². The van der Waals surface area contributed by atoms with Gasteiger partial charge in [0.05, 0.1) is 44.8 Å². The van der Waals surface area contributed by atoms with E-state index in [1.807, 2.05) is 42.5 Å². The van der Waals surface area contributed by atoms with Crippen LogP contribution in [0.15, 0.2) is 421 Å². The lowest BCUT2D eigenvalue weighted by Gasteiger charge is -2.12. The van der Waals surface area contributed by atoms with Gasteiger partial charge < -0.3 is 18.0 Å². The van der Waals surface area contributed by atoms with E-state index in [9.17, 15) is 0 Å². The van der Waals surface area contributed by atoms with Gasteiger partial charge >= 0.3 is 0 Å². The van der Waals surface area contributed by atoms with Crippen molar-refractivity contribution in [2.45, 2.75) is 0 Å². The standard InChI is InChI=1S/2C53H34N2O/c1-3-13-35(14-4-1)48-32-42(33-49(54-48)36-15-5-2-6-16-36)38-18-11-17-37(29-38)40-26-28-51-47(31-40)44-21-7-9-23-50(44)55(51)43-20-12-19-39(30-43)41-25-27-46-45-22-8-10-24-52(45)56-53(46)34-41;1-3-12-35(13-4-1)42-32-48(37-14-5-2-6-15-37)54-49(33-42)38-24-22-36(23-25-38)40-27-29-51-47(31-40)44-18-7-9-20-50(44)55(51)43-17-11-16-39(30-43)41-26-28-46-45-19-8-10-21-52(45)56-53(46)34-41/h2*1-34H. The van der Waals surface area contributed by atoms with Gasteiger partial charge in [-0.2, -0.15) is 0 Å². The van der Waals surface area contributed by atoms with Crippen LogP contribution in [0, 0.1) is 0 Å². The van der Waals surface area contributed by atoms with Gasteiger partial charge in [-0.3, -0.25) is 0 Å². The molecule has 22 rings (SSSR count). The maximum atomic E-state index is 6.25. The molecule has 16 aromatic carbocycles. The smallest absolute Gasteiger partial charge is 0.136 e. The van der Waals surface area contributed by atoms with Gasteiger partial charge in [0.15, 0.2) is 0 Å². The van der Waals surface area contributed by atoms with Gasteiger partial charge in [0.2, 0.25) is 0 Å². The number of benzene rings is 16. The SMILES string of the molecule is c1ccc(-c2cc(-c3cccc(-c4ccc5c(c4)c4ccccc4n5-c4cccc(-c5ccc6c(c5)oc5ccccc56)c4)c3)cc(-c3ccccc3)n2)cc1.c1ccc(-c2cc(-c3ccccc3)nc(-c3ccc(-c4ccc5c(c4)c4ccccc4n5-c4cccc(-c5ccc6c(c5)oc5ccccc56)c4)cc3)c2)cc1. The van der Waals surface area contributed by atoms with E-state index in [4.69, 9.17) is 18.8 Å². The van der Waals surface area contributed by atoms with Crippen LogP contribution in [0.4, 0.5) is 0 Å².